The average molecular weight is 382 g/mol. The molecule has 0 spiro atoms. The molecule has 1 saturated heterocycles. The van der Waals surface area contributed by atoms with Crippen molar-refractivity contribution < 1.29 is 4.74 Å². The topological polar surface area (TPSA) is 53.0 Å². The highest BCUT2D eigenvalue weighted by atomic mass is 16.5. The first kappa shape index (κ1) is 20.0. The molecule has 1 aromatic carbocycles. The number of guanidine groups is 1. The number of piperazine rings is 1. The quantitative estimate of drug-likeness (QED) is 0.616. The highest BCUT2D eigenvalue weighted by Crippen LogP contribution is 2.19. The van der Waals surface area contributed by atoms with Crippen molar-refractivity contribution in [3.63, 3.8) is 0 Å². The first-order valence-corrected chi connectivity index (χ1v) is 10.0. The molecule has 1 fully saturated rings. The molecule has 1 aliphatic heterocycles. The predicted octanol–water partition coefficient (Wildman–Crippen LogP) is 2.73. The van der Waals surface area contributed by atoms with Crippen LogP contribution >= 0.6 is 0 Å². The molecule has 6 heteroatoms. The lowest BCUT2D eigenvalue weighted by Crippen LogP contribution is -2.52. The number of rotatable bonds is 6. The van der Waals surface area contributed by atoms with Gasteiger partial charge in [-0.25, -0.2) is 4.98 Å². The zero-order valence-electron chi connectivity index (χ0n) is 17.2. The Hall–Kier alpha value is -2.76. The van der Waals surface area contributed by atoms with Crippen LogP contribution in [0.3, 0.4) is 0 Å². The maximum atomic E-state index is 5.43. The average Bonchev–Trinajstić information content (AvgIpc) is 2.75. The van der Waals surface area contributed by atoms with E-state index in [1.54, 1.807) is 7.11 Å². The Morgan fingerprint density at radius 2 is 2.00 bits per heavy atom. The van der Waals surface area contributed by atoms with Gasteiger partial charge in [0.15, 0.2) is 5.96 Å². The van der Waals surface area contributed by atoms with E-state index in [9.17, 15) is 0 Å². The fourth-order valence-corrected chi connectivity index (χ4v) is 3.42. The van der Waals surface area contributed by atoms with Gasteiger partial charge in [-0.05, 0) is 49.6 Å². The van der Waals surface area contributed by atoms with Gasteiger partial charge in [0.2, 0.25) is 0 Å². The largest absolute Gasteiger partial charge is 0.496 e. The van der Waals surface area contributed by atoms with Gasteiger partial charge >= 0.3 is 0 Å². The smallest absolute Gasteiger partial charge is 0.194 e. The molecule has 1 aliphatic rings. The van der Waals surface area contributed by atoms with Crippen molar-refractivity contribution in [2.45, 2.75) is 20.3 Å². The molecular formula is C22H31N5O. The van der Waals surface area contributed by atoms with Crippen LogP contribution in [0.25, 0.3) is 0 Å². The Labute approximate surface area is 168 Å². The summed E-state index contributed by atoms with van der Waals surface area (Å²) in [6, 6.07) is 12.5. The van der Waals surface area contributed by atoms with Gasteiger partial charge in [-0.3, -0.25) is 4.99 Å². The molecule has 1 N–H and O–H groups in total. The summed E-state index contributed by atoms with van der Waals surface area (Å²) in [5, 5.41) is 3.44. The zero-order chi connectivity index (χ0) is 19.8. The van der Waals surface area contributed by atoms with Gasteiger partial charge < -0.3 is 19.9 Å². The number of methoxy groups -OCH3 is 1. The summed E-state index contributed by atoms with van der Waals surface area (Å²) in [5.74, 6) is 3.00. The summed E-state index contributed by atoms with van der Waals surface area (Å²) >= 11 is 0. The van der Waals surface area contributed by atoms with Gasteiger partial charge in [-0.15, -0.1) is 0 Å². The fourth-order valence-electron chi connectivity index (χ4n) is 3.42. The number of nitrogens with zero attached hydrogens (tertiary/aromatic N) is 4. The SMILES string of the molecule is CCNC(=NCCc1ccc(C)c(OC)c1)N1CCN(c2ccccn2)CC1. The van der Waals surface area contributed by atoms with Gasteiger partial charge in [0.25, 0.3) is 0 Å². The molecule has 0 amide bonds. The minimum Gasteiger partial charge on any atom is -0.496 e. The highest BCUT2D eigenvalue weighted by Gasteiger charge is 2.20. The fraction of sp³-hybridized carbons (Fsp3) is 0.455. The summed E-state index contributed by atoms with van der Waals surface area (Å²) in [7, 11) is 1.72. The third-order valence-corrected chi connectivity index (χ3v) is 5.02. The number of anilines is 1. The minimum atomic E-state index is 0.759. The number of benzene rings is 1. The first-order valence-electron chi connectivity index (χ1n) is 10.0. The van der Waals surface area contributed by atoms with Crippen LogP contribution < -0.4 is 15.0 Å². The molecule has 0 unspecified atom stereocenters. The van der Waals surface area contributed by atoms with Gasteiger partial charge in [0.05, 0.1) is 7.11 Å². The van der Waals surface area contributed by atoms with E-state index in [1.165, 1.54) is 5.56 Å². The Morgan fingerprint density at radius 3 is 2.68 bits per heavy atom. The molecule has 3 rings (SSSR count). The van der Waals surface area contributed by atoms with E-state index in [0.29, 0.717) is 0 Å². The van der Waals surface area contributed by atoms with Crippen molar-refractivity contribution in [3.8, 4) is 5.75 Å². The summed E-state index contributed by atoms with van der Waals surface area (Å²) in [6.07, 6.45) is 2.76. The lowest BCUT2D eigenvalue weighted by Gasteiger charge is -2.37. The van der Waals surface area contributed by atoms with Crippen molar-refractivity contribution in [2.24, 2.45) is 4.99 Å². The molecule has 28 heavy (non-hydrogen) atoms. The van der Waals surface area contributed by atoms with E-state index in [4.69, 9.17) is 9.73 Å². The molecule has 0 aliphatic carbocycles. The number of aliphatic imine (C=N–C) groups is 1. The van der Waals surface area contributed by atoms with E-state index in [2.05, 4.69) is 58.2 Å². The predicted molar refractivity (Wildman–Crippen MR) is 115 cm³/mol. The molecule has 150 valence electrons. The van der Waals surface area contributed by atoms with Crippen LogP contribution in [-0.4, -0.2) is 62.2 Å². The summed E-state index contributed by atoms with van der Waals surface area (Å²) < 4.78 is 5.43. The van der Waals surface area contributed by atoms with Crippen molar-refractivity contribution in [2.75, 3.05) is 51.3 Å². The lowest BCUT2D eigenvalue weighted by atomic mass is 10.1. The summed E-state index contributed by atoms with van der Waals surface area (Å²) in [5.41, 5.74) is 2.41. The van der Waals surface area contributed by atoms with E-state index in [0.717, 1.165) is 68.8 Å². The summed E-state index contributed by atoms with van der Waals surface area (Å²) in [4.78, 5) is 14.0. The second-order valence-corrected chi connectivity index (χ2v) is 6.95. The van der Waals surface area contributed by atoms with Gasteiger partial charge in [-0.1, -0.05) is 18.2 Å². The molecule has 1 aromatic heterocycles. The second-order valence-electron chi connectivity index (χ2n) is 6.95. The van der Waals surface area contributed by atoms with Crippen LogP contribution in [0.15, 0.2) is 47.6 Å². The van der Waals surface area contributed by atoms with Crippen molar-refractivity contribution in [3.05, 3.63) is 53.7 Å². The highest BCUT2D eigenvalue weighted by molar-refractivity contribution is 5.80. The molecule has 6 nitrogen and oxygen atoms in total. The molecule has 2 aromatic rings. The number of hydrogen-bond donors (Lipinski definition) is 1. The van der Waals surface area contributed by atoms with E-state index in [1.807, 2.05) is 18.3 Å². The Balaban J connectivity index is 1.57. The summed E-state index contributed by atoms with van der Waals surface area (Å²) in [6.45, 7) is 9.61. The molecular weight excluding hydrogens is 350 g/mol. The Kier molecular flexibility index (Phi) is 7.12. The maximum absolute atomic E-state index is 5.43. The van der Waals surface area contributed by atoms with Crippen LogP contribution in [-0.2, 0) is 6.42 Å². The Morgan fingerprint density at radius 1 is 1.18 bits per heavy atom. The monoisotopic (exact) mass is 381 g/mol. The number of aryl methyl sites for hydroxylation is 1. The normalized spacial score (nSPS) is 14.9. The van der Waals surface area contributed by atoms with Crippen LogP contribution in [0.4, 0.5) is 5.82 Å². The van der Waals surface area contributed by atoms with E-state index in [-0.39, 0.29) is 0 Å². The zero-order valence-corrected chi connectivity index (χ0v) is 17.2. The Bertz CT molecular complexity index is 770. The van der Waals surface area contributed by atoms with Crippen molar-refractivity contribution in [1.29, 1.82) is 0 Å². The third-order valence-electron chi connectivity index (χ3n) is 5.02. The lowest BCUT2D eigenvalue weighted by molar-refractivity contribution is 0.371. The second kappa shape index (κ2) is 9.97. The van der Waals surface area contributed by atoms with Crippen molar-refractivity contribution >= 4 is 11.8 Å². The molecule has 0 radical (unpaired) electrons. The van der Waals surface area contributed by atoms with Crippen LogP contribution in [0, 0.1) is 6.92 Å². The van der Waals surface area contributed by atoms with Gasteiger partial charge in [0.1, 0.15) is 11.6 Å². The van der Waals surface area contributed by atoms with Gasteiger partial charge in [0, 0.05) is 45.5 Å². The van der Waals surface area contributed by atoms with Gasteiger partial charge in [-0.2, -0.15) is 0 Å². The first-order chi connectivity index (χ1) is 13.7. The molecule has 0 bridgehead atoms. The number of pyridine rings is 1. The maximum Gasteiger partial charge on any atom is 0.194 e. The molecule has 2 heterocycles. The number of hydrogen-bond acceptors (Lipinski definition) is 4. The molecule has 0 saturated carbocycles. The van der Waals surface area contributed by atoms with Crippen LogP contribution in [0.2, 0.25) is 0 Å². The minimum absolute atomic E-state index is 0.759. The number of nitrogens with one attached hydrogen (secondary N) is 1. The number of aromatic nitrogens is 1. The van der Waals surface area contributed by atoms with Crippen LogP contribution in [0.5, 0.6) is 5.75 Å². The van der Waals surface area contributed by atoms with E-state index < -0.39 is 0 Å². The third kappa shape index (κ3) is 5.15. The standard InChI is InChI=1S/C22H31N5O/c1-4-23-22(25-12-10-19-9-8-18(2)20(17-19)28-3)27-15-13-26(14-16-27)21-7-5-6-11-24-21/h5-9,11,17H,4,10,12-16H2,1-3H3,(H,23,25). The van der Waals surface area contributed by atoms with E-state index >= 15 is 0 Å². The van der Waals surface area contributed by atoms with Crippen LogP contribution in [0.1, 0.15) is 18.1 Å². The molecule has 0 atom stereocenters. The number of ether oxygens (including phenoxy) is 1. The van der Waals surface area contributed by atoms with Crippen molar-refractivity contribution in [1.82, 2.24) is 15.2 Å².